The fourth-order valence-corrected chi connectivity index (χ4v) is 2.44. The van der Waals surface area contributed by atoms with Crippen molar-refractivity contribution in [3.05, 3.63) is 11.6 Å². The summed E-state index contributed by atoms with van der Waals surface area (Å²) in [5, 5.41) is 7.58. The maximum Gasteiger partial charge on any atom is 0.322 e. The van der Waals surface area contributed by atoms with Crippen molar-refractivity contribution in [1.82, 2.24) is 0 Å². The van der Waals surface area contributed by atoms with E-state index < -0.39 is 21.1 Å². The number of hydrogen-bond acceptors (Lipinski definition) is 3. The molecule has 0 aromatic rings. The molecule has 0 aromatic carbocycles. The third kappa shape index (κ3) is 5.30. The number of allylic oxidation sites excluding steroid dienone is 2. The van der Waals surface area contributed by atoms with E-state index >= 15 is 0 Å². The van der Waals surface area contributed by atoms with E-state index in [2.05, 4.69) is 0 Å². The lowest BCUT2D eigenvalue weighted by atomic mass is 10.0. The van der Waals surface area contributed by atoms with E-state index in [4.69, 9.17) is 5.11 Å². The van der Waals surface area contributed by atoms with Crippen LogP contribution in [0.15, 0.2) is 11.6 Å². The van der Waals surface area contributed by atoms with E-state index in [-0.39, 0.29) is 6.42 Å². The second kappa shape index (κ2) is 6.68. The van der Waals surface area contributed by atoms with Crippen LogP contribution in [0.3, 0.4) is 0 Å². The van der Waals surface area contributed by atoms with Crippen molar-refractivity contribution in [2.45, 2.75) is 44.8 Å². The molecule has 0 fully saturated rings. The first-order valence-electron chi connectivity index (χ1n) is 5.42. The van der Waals surface area contributed by atoms with Gasteiger partial charge in [-0.1, -0.05) is 31.9 Å². The fourth-order valence-electron chi connectivity index (χ4n) is 1.56. The Morgan fingerprint density at radius 2 is 1.94 bits per heavy atom. The standard InChI is InChI=1S/C11H20O4S/c1-4-6-9(7-5-2)8-10(11(12)13)16(3,14)15/h6,10H,4-5,7-8H2,1-3H3,(H,12,13)/b9-6+. The van der Waals surface area contributed by atoms with Crippen molar-refractivity contribution >= 4 is 15.8 Å². The maximum atomic E-state index is 11.3. The predicted molar refractivity (Wildman–Crippen MR) is 64.2 cm³/mol. The van der Waals surface area contributed by atoms with E-state index in [1.807, 2.05) is 19.9 Å². The lowest BCUT2D eigenvalue weighted by Crippen LogP contribution is -2.29. The first-order valence-corrected chi connectivity index (χ1v) is 7.37. The van der Waals surface area contributed by atoms with Gasteiger partial charge in [0, 0.05) is 6.26 Å². The number of carboxylic acid groups (broad SMARTS) is 1. The molecule has 4 nitrogen and oxygen atoms in total. The van der Waals surface area contributed by atoms with Gasteiger partial charge >= 0.3 is 5.97 Å². The van der Waals surface area contributed by atoms with Gasteiger partial charge < -0.3 is 5.11 Å². The van der Waals surface area contributed by atoms with Crippen LogP contribution in [-0.2, 0) is 14.6 Å². The van der Waals surface area contributed by atoms with Gasteiger partial charge in [-0.25, -0.2) is 8.42 Å². The quantitative estimate of drug-likeness (QED) is 0.700. The van der Waals surface area contributed by atoms with Crippen LogP contribution < -0.4 is 0 Å². The topological polar surface area (TPSA) is 71.4 Å². The summed E-state index contributed by atoms with van der Waals surface area (Å²) >= 11 is 0. The molecule has 0 aliphatic heterocycles. The molecule has 0 spiro atoms. The molecule has 0 radical (unpaired) electrons. The first-order chi connectivity index (χ1) is 7.32. The third-order valence-corrected chi connectivity index (χ3v) is 3.71. The smallest absolute Gasteiger partial charge is 0.322 e. The fraction of sp³-hybridized carbons (Fsp3) is 0.727. The molecule has 0 saturated carbocycles. The van der Waals surface area contributed by atoms with Crippen LogP contribution in [0.2, 0.25) is 0 Å². The number of carbonyl (C=O) groups is 1. The van der Waals surface area contributed by atoms with Crippen LogP contribution in [0.5, 0.6) is 0 Å². The number of hydrogen-bond donors (Lipinski definition) is 1. The van der Waals surface area contributed by atoms with Crippen LogP contribution in [0, 0.1) is 0 Å². The van der Waals surface area contributed by atoms with Gasteiger partial charge in [0.05, 0.1) is 0 Å². The highest BCUT2D eigenvalue weighted by Gasteiger charge is 2.29. The molecule has 0 heterocycles. The minimum absolute atomic E-state index is 0.107. The van der Waals surface area contributed by atoms with E-state index in [0.29, 0.717) is 0 Å². The van der Waals surface area contributed by atoms with Crippen LogP contribution in [0.1, 0.15) is 39.5 Å². The maximum absolute atomic E-state index is 11.3. The zero-order chi connectivity index (χ0) is 12.8. The van der Waals surface area contributed by atoms with Crippen LogP contribution in [0.4, 0.5) is 0 Å². The normalized spacial score (nSPS) is 14.8. The van der Waals surface area contributed by atoms with Crippen LogP contribution >= 0.6 is 0 Å². The third-order valence-electron chi connectivity index (χ3n) is 2.30. The Morgan fingerprint density at radius 1 is 1.38 bits per heavy atom. The average Bonchev–Trinajstić information content (AvgIpc) is 2.12. The highest BCUT2D eigenvalue weighted by Crippen LogP contribution is 2.17. The Bertz CT molecular complexity index is 354. The molecule has 94 valence electrons. The van der Waals surface area contributed by atoms with Gasteiger partial charge in [0.25, 0.3) is 0 Å². The zero-order valence-electron chi connectivity index (χ0n) is 10.1. The number of sulfone groups is 1. The monoisotopic (exact) mass is 248 g/mol. The molecule has 0 aromatic heterocycles. The van der Waals surface area contributed by atoms with Crippen molar-refractivity contribution in [3.8, 4) is 0 Å². The molecule has 5 heteroatoms. The highest BCUT2D eigenvalue weighted by atomic mass is 32.2. The molecular weight excluding hydrogens is 228 g/mol. The van der Waals surface area contributed by atoms with Crippen molar-refractivity contribution in [1.29, 1.82) is 0 Å². The van der Waals surface area contributed by atoms with Gasteiger partial charge in [-0.05, 0) is 19.3 Å². The van der Waals surface area contributed by atoms with Crippen LogP contribution in [-0.4, -0.2) is 31.0 Å². The van der Waals surface area contributed by atoms with Crippen molar-refractivity contribution in [2.75, 3.05) is 6.26 Å². The van der Waals surface area contributed by atoms with Crippen molar-refractivity contribution < 1.29 is 18.3 Å². The van der Waals surface area contributed by atoms with E-state index in [1.165, 1.54) is 0 Å². The molecule has 0 aliphatic rings. The molecule has 1 N–H and O–H groups in total. The lowest BCUT2D eigenvalue weighted by Gasteiger charge is -2.12. The number of rotatable bonds is 7. The predicted octanol–water partition coefficient (Wildman–Crippen LogP) is 2.01. The highest BCUT2D eigenvalue weighted by molar-refractivity contribution is 7.92. The number of carboxylic acids is 1. The Kier molecular flexibility index (Phi) is 6.33. The van der Waals surface area contributed by atoms with E-state index in [0.717, 1.165) is 31.1 Å². The van der Waals surface area contributed by atoms with Crippen molar-refractivity contribution in [3.63, 3.8) is 0 Å². The van der Waals surface area contributed by atoms with Gasteiger partial charge in [0.2, 0.25) is 0 Å². The minimum atomic E-state index is -3.54. The average molecular weight is 248 g/mol. The van der Waals surface area contributed by atoms with Gasteiger partial charge in [-0.15, -0.1) is 0 Å². The first kappa shape index (κ1) is 15.2. The summed E-state index contributed by atoms with van der Waals surface area (Å²) in [7, 11) is -3.54. The SMILES string of the molecule is CC/C=C(\CCC)CC(C(=O)O)S(C)(=O)=O. The largest absolute Gasteiger partial charge is 0.480 e. The van der Waals surface area contributed by atoms with Crippen molar-refractivity contribution in [2.24, 2.45) is 0 Å². The molecule has 16 heavy (non-hydrogen) atoms. The molecule has 0 saturated heterocycles. The Balaban J connectivity index is 4.87. The number of aliphatic carboxylic acids is 1. The molecule has 0 bridgehead atoms. The lowest BCUT2D eigenvalue weighted by molar-refractivity contribution is -0.136. The van der Waals surface area contributed by atoms with Gasteiger partial charge in [-0.3, -0.25) is 4.79 Å². The summed E-state index contributed by atoms with van der Waals surface area (Å²) in [6, 6.07) is 0. The minimum Gasteiger partial charge on any atom is -0.480 e. The molecule has 1 atom stereocenters. The van der Waals surface area contributed by atoms with Gasteiger partial charge in [0.1, 0.15) is 0 Å². The second-order valence-corrected chi connectivity index (χ2v) is 6.11. The summed E-state index contributed by atoms with van der Waals surface area (Å²) < 4.78 is 22.6. The Hall–Kier alpha value is -0.840. The Labute approximate surface area is 97.3 Å². The van der Waals surface area contributed by atoms with E-state index in [9.17, 15) is 13.2 Å². The molecule has 0 aliphatic carbocycles. The molecular formula is C11H20O4S. The summed E-state index contributed by atoms with van der Waals surface area (Å²) in [6.45, 7) is 3.94. The molecule has 1 unspecified atom stereocenters. The molecule has 0 rings (SSSR count). The second-order valence-electron chi connectivity index (χ2n) is 3.88. The Morgan fingerprint density at radius 3 is 2.25 bits per heavy atom. The van der Waals surface area contributed by atoms with Crippen LogP contribution in [0.25, 0.3) is 0 Å². The van der Waals surface area contributed by atoms with E-state index in [1.54, 1.807) is 0 Å². The van der Waals surface area contributed by atoms with Gasteiger partial charge in [-0.2, -0.15) is 0 Å². The summed E-state index contributed by atoms with van der Waals surface area (Å²) in [4.78, 5) is 10.9. The summed E-state index contributed by atoms with van der Waals surface area (Å²) in [6.07, 6.45) is 5.45. The molecule has 0 amide bonds. The summed E-state index contributed by atoms with van der Waals surface area (Å²) in [5.74, 6) is -1.26. The zero-order valence-corrected chi connectivity index (χ0v) is 10.9. The summed E-state index contributed by atoms with van der Waals surface area (Å²) in [5.41, 5.74) is 0.919. The van der Waals surface area contributed by atoms with Gasteiger partial charge in [0.15, 0.2) is 15.1 Å².